The number of hydrogen-bond donors (Lipinski definition) is 2. The van der Waals surface area contributed by atoms with Crippen LogP contribution in [0.25, 0.3) is 10.9 Å². The van der Waals surface area contributed by atoms with Crippen molar-refractivity contribution in [2.75, 3.05) is 13.1 Å². The van der Waals surface area contributed by atoms with Gasteiger partial charge < -0.3 is 15.0 Å². The van der Waals surface area contributed by atoms with E-state index in [0.29, 0.717) is 12.5 Å². The Morgan fingerprint density at radius 1 is 1.19 bits per heavy atom. The highest BCUT2D eigenvalue weighted by Gasteiger charge is 2.37. The number of carboxylic acids is 1. The highest BCUT2D eigenvalue weighted by atomic mass is 16.4. The van der Waals surface area contributed by atoms with Crippen LogP contribution in [0.4, 0.5) is 0 Å². The minimum atomic E-state index is -0.766. The van der Waals surface area contributed by atoms with Crippen LogP contribution in [-0.4, -0.2) is 51.6 Å². The predicted octanol–water partition coefficient (Wildman–Crippen LogP) is 2.09. The molecule has 0 aliphatic heterocycles. The van der Waals surface area contributed by atoms with Crippen LogP contribution in [0.1, 0.15) is 25.7 Å². The number of carboxylic acid groups (broad SMARTS) is 1. The molecule has 1 amide bonds. The van der Waals surface area contributed by atoms with Crippen molar-refractivity contribution >= 4 is 22.8 Å². The third kappa shape index (κ3) is 3.90. The first-order chi connectivity index (χ1) is 12.6. The maximum atomic E-state index is 12.4. The van der Waals surface area contributed by atoms with Gasteiger partial charge in [0.05, 0.1) is 6.54 Å². The molecule has 1 heterocycles. The number of rotatable bonds is 8. The van der Waals surface area contributed by atoms with Gasteiger partial charge in [-0.05, 0) is 49.1 Å². The van der Waals surface area contributed by atoms with Crippen molar-refractivity contribution in [3.63, 3.8) is 0 Å². The predicted molar refractivity (Wildman–Crippen MR) is 98.8 cm³/mol. The largest absolute Gasteiger partial charge is 0.480 e. The molecular formula is C20H25N3O3. The number of nitrogens with one attached hydrogen (secondary N) is 1. The fourth-order valence-electron chi connectivity index (χ4n) is 3.86. The van der Waals surface area contributed by atoms with E-state index in [-0.39, 0.29) is 24.5 Å². The summed E-state index contributed by atoms with van der Waals surface area (Å²) in [7, 11) is 0. The van der Waals surface area contributed by atoms with Crippen molar-refractivity contribution < 1.29 is 14.7 Å². The summed E-state index contributed by atoms with van der Waals surface area (Å²) in [5.41, 5.74) is 1.06. The summed E-state index contributed by atoms with van der Waals surface area (Å²) in [4.78, 5) is 25.5. The van der Waals surface area contributed by atoms with Crippen LogP contribution in [0.3, 0.4) is 0 Å². The van der Waals surface area contributed by atoms with Gasteiger partial charge in [0.2, 0.25) is 5.91 Å². The van der Waals surface area contributed by atoms with Crippen LogP contribution in [0.5, 0.6) is 0 Å². The molecule has 2 aliphatic carbocycles. The molecular weight excluding hydrogens is 330 g/mol. The molecule has 6 heteroatoms. The first-order valence-electron chi connectivity index (χ1n) is 9.37. The monoisotopic (exact) mass is 355 g/mol. The quantitative estimate of drug-likeness (QED) is 0.760. The number of nitrogens with zero attached hydrogens (tertiary/aromatic N) is 2. The summed E-state index contributed by atoms with van der Waals surface area (Å²) >= 11 is 0. The Balaban J connectivity index is 1.27. The van der Waals surface area contributed by atoms with Gasteiger partial charge in [0, 0.05) is 30.3 Å². The van der Waals surface area contributed by atoms with Crippen LogP contribution in [0, 0.1) is 5.92 Å². The molecule has 0 saturated heterocycles. The fraction of sp³-hybridized carbons (Fsp3) is 0.500. The molecule has 2 N–H and O–H groups in total. The van der Waals surface area contributed by atoms with Crippen molar-refractivity contribution in [1.29, 1.82) is 0 Å². The number of carbonyl (C=O) groups is 2. The van der Waals surface area contributed by atoms with Gasteiger partial charge in [-0.25, -0.2) is 0 Å². The number of aromatic nitrogens is 1. The molecule has 2 aliphatic rings. The standard InChI is InChI=1S/C20H25N3O3/c24-19(12-22-8-7-15-3-1-2-4-18(15)22)21-16-9-17(10-16)23(13-20(25)26)11-14-5-6-14/h1-4,7-8,14,16-17H,5-6,9-13H2,(H,21,24)(H,25,26). The normalized spacial score (nSPS) is 22.3. The third-order valence-electron chi connectivity index (χ3n) is 5.52. The van der Waals surface area contributed by atoms with Crippen LogP contribution in [-0.2, 0) is 16.1 Å². The zero-order chi connectivity index (χ0) is 18.1. The summed E-state index contributed by atoms with van der Waals surface area (Å²) in [5, 5.41) is 13.3. The van der Waals surface area contributed by atoms with E-state index < -0.39 is 5.97 Å². The summed E-state index contributed by atoms with van der Waals surface area (Å²) in [6.07, 6.45) is 6.07. The molecule has 0 atom stereocenters. The van der Waals surface area contributed by atoms with Crippen LogP contribution in [0.15, 0.2) is 36.5 Å². The van der Waals surface area contributed by atoms with Gasteiger partial charge in [0.1, 0.15) is 6.54 Å². The second-order valence-electron chi connectivity index (χ2n) is 7.66. The fourth-order valence-corrected chi connectivity index (χ4v) is 3.86. The Bertz CT molecular complexity index is 805. The number of para-hydroxylation sites is 1. The van der Waals surface area contributed by atoms with Gasteiger partial charge >= 0.3 is 5.97 Å². The van der Waals surface area contributed by atoms with Crippen molar-refractivity contribution in [3.8, 4) is 0 Å². The van der Waals surface area contributed by atoms with E-state index in [4.69, 9.17) is 5.11 Å². The van der Waals surface area contributed by atoms with Crippen molar-refractivity contribution in [2.45, 2.75) is 44.3 Å². The molecule has 4 rings (SSSR count). The Morgan fingerprint density at radius 3 is 2.69 bits per heavy atom. The first-order valence-corrected chi connectivity index (χ1v) is 9.37. The zero-order valence-electron chi connectivity index (χ0n) is 14.8. The van der Waals surface area contributed by atoms with Gasteiger partial charge in [-0.3, -0.25) is 14.5 Å². The Morgan fingerprint density at radius 2 is 1.96 bits per heavy atom. The van der Waals surface area contributed by atoms with Crippen LogP contribution >= 0.6 is 0 Å². The maximum Gasteiger partial charge on any atom is 0.317 e. The van der Waals surface area contributed by atoms with E-state index in [9.17, 15) is 9.59 Å². The second-order valence-corrected chi connectivity index (χ2v) is 7.66. The molecule has 6 nitrogen and oxygen atoms in total. The molecule has 2 saturated carbocycles. The average Bonchev–Trinajstić information content (AvgIpc) is 3.29. The molecule has 138 valence electrons. The lowest BCUT2D eigenvalue weighted by atomic mass is 9.85. The van der Waals surface area contributed by atoms with E-state index in [1.807, 2.05) is 41.1 Å². The molecule has 1 aromatic heterocycles. The molecule has 0 spiro atoms. The minimum Gasteiger partial charge on any atom is -0.480 e. The lowest BCUT2D eigenvalue weighted by Gasteiger charge is -2.42. The summed E-state index contributed by atoms with van der Waals surface area (Å²) < 4.78 is 1.96. The van der Waals surface area contributed by atoms with E-state index in [1.165, 1.54) is 12.8 Å². The second kappa shape index (κ2) is 7.11. The molecule has 2 aromatic rings. The van der Waals surface area contributed by atoms with Crippen molar-refractivity contribution in [3.05, 3.63) is 36.5 Å². The van der Waals surface area contributed by atoms with E-state index >= 15 is 0 Å². The molecule has 0 bridgehead atoms. The summed E-state index contributed by atoms with van der Waals surface area (Å²) in [5.74, 6) is -0.0792. The average molecular weight is 355 g/mol. The number of hydrogen-bond acceptors (Lipinski definition) is 3. The Kier molecular flexibility index (Phi) is 4.68. The number of amides is 1. The van der Waals surface area contributed by atoms with Crippen molar-refractivity contribution in [2.24, 2.45) is 5.92 Å². The van der Waals surface area contributed by atoms with Gasteiger partial charge in [0.25, 0.3) is 0 Å². The molecule has 0 radical (unpaired) electrons. The summed E-state index contributed by atoms with van der Waals surface area (Å²) in [6, 6.07) is 10.5. The molecule has 1 aromatic carbocycles. The topological polar surface area (TPSA) is 74.6 Å². The van der Waals surface area contributed by atoms with Gasteiger partial charge in [-0.2, -0.15) is 0 Å². The van der Waals surface area contributed by atoms with Crippen molar-refractivity contribution in [1.82, 2.24) is 14.8 Å². The van der Waals surface area contributed by atoms with Gasteiger partial charge in [-0.15, -0.1) is 0 Å². The van der Waals surface area contributed by atoms with E-state index in [1.54, 1.807) is 0 Å². The highest BCUT2D eigenvalue weighted by Crippen LogP contribution is 2.33. The first kappa shape index (κ1) is 17.1. The van der Waals surface area contributed by atoms with Crippen LogP contribution in [0.2, 0.25) is 0 Å². The molecule has 2 fully saturated rings. The number of benzene rings is 1. The number of aliphatic carboxylic acids is 1. The molecule has 26 heavy (non-hydrogen) atoms. The Hall–Kier alpha value is -2.34. The van der Waals surface area contributed by atoms with E-state index in [0.717, 1.165) is 30.3 Å². The van der Waals surface area contributed by atoms with Crippen LogP contribution < -0.4 is 5.32 Å². The highest BCUT2D eigenvalue weighted by molar-refractivity contribution is 5.83. The Labute approximate surface area is 152 Å². The summed E-state index contributed by atoms with van der Waals surface area (Å²) in [6.45, 7) is 1.31. The van der Waals surface area contributed by atoms with Gasteiger partial charge in [-0.1, -0.05) is 18.2 Å². The molecule has 0 unspecified atom stereocenters. The van der Waals surface area contributed by atoms with Gasteiger partial charge in [0.15, 0.2) is 0 Å². The SMILES string of the molecule is O=C(O)CN(CC1CC1)C1CC(NC(=O)Cn2ccc3ccccc32)C1. The third-order valence-corrected chi connectivity index (χ3v) is 5.52. The smallest absolute Gasteiger partial charge is 0.317 e. The zero-order valence-corrected chi connectivity index (χ0v) is 14.8. The lowest BCUT2D eigenvalue weighted by Crippen LogP contribution is -2.55. The number of fused-ring (bicyclic) bond motifs is 1. The minimum absolute atomic E-state index is 0.0155. The van der Waals surface area contributed by atoms with E-state index in [2.05, 4.69) is 10.2 Å². The maximum absolute atomic E-state index is 12.4. The lowest BCUT2D eigenvalue weighted by molar-refractivity contribution is -0.140. The number of carbonyl (C=O) groups excluding carboxylic acids is 1.